The molecule has 2 aromatic rings. The van der Waals surface area contributed by atoms with Gasteiger partial charge in [0, 0.05) is 0 Å². The highest BCUT2D eigenvalue weighted by molar-refractivity contribution is 7.98. The molecular formula is C20H17ClN2O5S. The Morgan fingerprint density at radius 1 is 1.14 bits per heavy atom. The molecule has 3 amide bonds. The number of amides is 3. The van der Waals surface area contributed by atoms with Gasteiger partial charge in [-0.15, -0.1) is 0 Å². The van der Waals surface area contributed by atoms with Crippen molar-refractivity contribution in [1.82, 2.24) is 4.90 Å². The Balaban J connectivity index is 1.91. The third kappa shape index (κ3) is 4.13. The van der Waals surface area contributed by atoms with Gasteiger partial charge in [0.2, 0.25) is 5.91 Å². The molecule has 7 nitrogen and oxygen atoms in total. The van der Waals surface area contributed by atoms with Crippen LogP contribution in [-0.2, 0) is 4.79 Å². The highest BCUT2D eigenvalue weighted by atomic mass is 35.5. The first-order valence-electron chi connectivity index (χ1n) is 8.64. The second-order valence-electron chi connectivity index (χ2n) is 6.31. The smallest absolute Gasteiger partial charge is 0.335 e. The van der Waals surface area contributed by atoms with E-state index >= 15 is 0 Å². The first-order chi connectivity index (χ1) is 13.8. The van der Waals surface area contributed by atoms with Crippen LogP contribution in [0, 0.1) is 0 Å². The van der Waals surface area contributed by atoms with Gasteiger partial charge >= 0.3 is 5.97 Å². The van der Waals surface area contributed by atoms with E-state index in [0.717, 1.165) is 4.90 Å². The van der Waals surface area contributed by atoms with Crippen molar-refractivity contribution in [3.8, 4) is 0 Å². The third-order valence-corrected chi connectivity index (χ3v) is 5.48. The van der Waals surface area contributed by atoms with Crippen LogP contribution in [0.15, 0.2) is 42.5 Å². The normalized spacial score (nSPS) is 13.9. The van der Waals surface area contributed by atoms with Crippen LogP contribution in [-0.4, -0.2) is 51.7 Å². The maximum atomic E-state index is 13.0. The van der Waals surface area contributed by atoms with Crippen LogP contribution in [0.2, 0.25) is 5.02 Å². The first kappa shape index (κ1) is 20.9. The second kappa shape index (κ2) is 8.67. The Kier molecular flexibility index (Phi) is 6.24. The number of aromatic carboxylic acids is 1. The molecule has 2 aromatic carbocycles. The topological polar surface area (TPSA) is 104 Å². The largest absolute Gasteiger partial charge is 0.478 e. The van der Waals surface area contributed by atoms with Gasteiger partial charge in [-0.05, 0) is 48.8 Å². The summed E-state index contributed by atoms with van der Waals surface area (Å²) in [7, 11) is 0. The molecule has 0 spiro atoms. The van der Waals surface area contributed by atoms with E-state index in [0.29, 0.717) is 5.75 Å². The van der Waals surface area contributed by atoms with Gasteiger partial charge in [0.1, 0.15) is 6.04 Å². The molecule has 1 aliphatic heterocycles. The van der Waals surface area contributed by atoms with E-state index in [-0.39, 0.29) is 33.8 Å². The number of benzene rings is 2. The molecule has 1 atom stereocenters. The third-order valence-electron chi connectivity index (χ3n) is 4.51. The van der Waals surface area contributed by atoms with Gasteiger partial charge < -0.3 is 10.4 Å². The molecule has 0 unspecified atom stereocenters. The number of anilines is 1. The number of carboxylic acid groups (broad SMARTS) is 1. The van der Waals surface area contributed by atoms with E-state index in [2.05, 4.69) is 5.32 Å². The van der Waals surface area contributed by atoms with E-state index in [4.69, 9.17) is 16.7 Å². The van der Waals surface area contributed by atoms with Crippen molar-refractivity contribution in [1.29, 1.82) is 0 Å². The van der Waals surface area contributed by atoms with Crippen molar-refractivity contribution in [2.75, 3.05) is 17.3 Å². The second-order valence-corrected chi connectivity index (χ2v) is 7.70. The fourth-order valence-corrected chi connectivity index (χ4v) is 3.69. The number of nitrogens with one attached hydrogen (secondary N) is 1. The van der Waals surface area contributed by atoms with Gasteiger partial charge in [-0.1, -0.05) is 23.7 Å². The number of thioether (sulfide) groups is 1. The highest BCUT2D eigenvalue weighted by Crippen LogP contribution is 2.28. The average molecular weight is 433 g/mol. The van der Waals surface area contributed by atoms with Gasteiger partial charge in [-0.3, -0.25) is 19.3 Å². The summed E-state index contributed by atoms with van der Waals surface area (Å²) in [5.74, 6) is -2.31. The molecule has 0 radical (unpaired) electrons. The summed E-state index contributed by atoms with van der Waals surface area (Å²) in [5, 5.41) is 11.9. The monoisotopic (exact) mass is 432 g/mol. The van der Waals surface area contributed by atoms with Crippen molar-refractivity contribution in [2.45, 2.75) is 12.5 Å². The van der Waals surface area contributed by atoms with Crippen molar-refractivity contribution in [2.24, 2.45) is 0 Å². The molecule has 0 saturated carbocycles. The summed E-state index contributed by atoms with van der Waals surface area (Å²) in [5.41, 5.74) is 0.559. The summed E-state index contributed by atoms with van der Waals surface area (Å²) in [4.78, 5) is 50.7. The Hall–Kier alpha value is -2.84. The van der Waals surface area contributed by atoms with Gasteiger partial charge in [0.25, 0.3) is 11.8 Å². The van der Waals surface area contributed by atoms with Crippen molar-refractivity contribution < 1.29 is 24.3 Å². The fraction of sp³-hybridized carbons (Fsp3) is 0.200. The Labute approximate surface area is 176 Å². The molecule has 0 bridgehead atoms. The number of imide groups is 1. The van der Waals surface area contributed by atoms with Crippen molar-refractivity contribution >= 4 is 52.7 Å². The minimum Gasteiger partial charge on any atom is -0.478 e. The van der Waals surface area contributed by atoms with Crippen LogP contribution < -0.4 is 5.32 Å². The van der Waals surface area contributed by atoms with Gasteiger partial charge in [0.15, 0.2) is 0 Å². The van der Waals surface area contributed by atoms with Gasteiger partial charge in [-0.25, -0.2) is 4.79 Å². The number of hydrogen-bond acceptors (Lipinski definition) is 5. The zero-order chi connectivity index (χ0) is 21.1. The number of carbonyl (C=O) groups excluding carboxylic acids is 3. The number of rotatable bonds is 7. The molecule has 9 heteroatoms. The van der Waals surface area contributed by atoms with Gasteiger partial charge in [0.05, 0.1) is 27.4 Å². The van der Waals surface area contributed by atoms with E-state index in [1.807, 2.05) is 6.26 Å². The number of hydrogen-bond donors (Lipinski definition) is 2. The zero-order valence-electron chi connectivity index (χ0n) is 15.3. The van der Waals surface area contributed by atoms with E-state index < -0.39 is 29.7 Å². The van der Waals surface area contributed by atoms with Gasteiger partial charge in [-0.2, -0.15) is 11.8 Å². The predicted molar refractivity (Wildman–Crippen MR) is 111 cm³/mol. The minimum absolute atomic E-state index is 0.0499. The molecule has 0 aromatic heterocycles. The SMILES string of the molecule is CSCC[C@H](C(=O)Nc1cc(C(=O)O)ccc1Cl)N1C(=O)c2ccccc2C1=O. The molecule has 2 N–H and O–H groups in total. The lowest BCUT2D eigenvalue weighted by molar-refractivity contribution is -0.120. The molecule has 0 aliphatic carbocycles. The molecule has 29 heavy (non-hydrogen) atoms. The molecule has 150 valence electrons. The summed E-state index contributed by atoms with van der Waals surface area (Å²) in [6.07, 6.45) is 2.10. The lowest BCUT2D eigenvalue weighted by Crippen LogP contribution is -2.47. The molecule has 0 fully saturated rings. The van der Waals surface area contributed by atoms with Crippen LogP contribution in [0.25, 0.3) is 0 Å². The standard InChI is InChI=1S/C20H17ClN2O5S/c1-29-9-8-16(23-18(25)12-4-2-3-5-13(12)19(23)26)17(24)22-15-10-11(20(27)28)6-7-14(15)21/h2-7,10,16H,8-9H2,1H3,(H,22,24)(H,27,28)/t16-/m1/s1. The van der Waals surface area contributed by atoms with Crippen molar-refractivity contribution in [3.05, 3.63) is 64.2 Å². The number of carboxylic acids is 1. The lowest BCUT2D eigenvalue weighted by Gasteiger charge is -2.25. The van der Waals surface area contributed by atoms with Crippen LogP contribution in [0.3, 0.4) is 0 Å². The summed E-state index contributed by atoms with van der Waals surface area (Å²) in [6, 6.07) is 9.26. The van der Waals surface area contributed by atoms with Crippen LogP contribution in [0.1, 0.15) is 37.5 Å². The van der Waals surface area contributed by atoms with Crippen LogP contribution in [0.5, 0.6) is 0 Å². The molecular weight excluding hydrogens is 416 g/mol. The Morgan fingerprint density at radius 2 is 1.76 bits per heavy atom. The quantitative estimate of drug-likeness (QED) is 0.650. The average Bonchev–Trinajstić information content (AvgIpc) is 2.95. The number of fused-ring (bicyclic) bond motifs is 1. The predicted octanol–water partition coefficient (Wildman–Crippen LogP) is 3.39. The zero-order valence-corrected chi connectivity index (χ0v) is 16.9. The molecule has 0 saturated heterocycles. The number of carbonyl (C=O) groups is 4. The Morgan fingerprint density at radius 3 is 2.31 bits per heavy atom. The maximum absolute atomic E-state index is 13.0. The van der Waals surface area contributed by atoms with Crippen LogP contribution >= 0.6 is 23.4 Å². The number of halogens is 1. The Bertz CT molecular complexity index is 975. The lowest BCUT2D eigenvalue weighted by atomic mass is 10.1. The fourth-order valence-electron chi connectivity index (χ4n) is 3.07. The maximum Gasteiger partial charge on any atom is 0.335 e. The molecule has 1 heterocycles. The summed E-state index contributed by atoms with van der Waals surface area (Å²) >= 11 is 7.56. The van der Waals surface area contributed by atoms with E-state index in [1.165, 1.54) is 30.0 Å². The summed E-state index contributed by atoms with van der Waals surface area (Å²) in [6.45, 7) is 0. The summed E-state index contributed by atoms with van der Waals surface area (Å²) < 4.78 is 0. The minimum atomic E-state index is -1.17. The molecule has 1 aliphatic rings. The van der Waals surface area contributed by atoms with E-state index in [9.17, 15) is 19.2 Å². The molecule has 3 rings (SSSR count). The number of nitrogens with zero attached hydrogens (tertiary/aromatic N) is 1. The first-order valence-corrected chi connectivity index (χ1v) is 10.4. The van der Waals surface area contributed by atoms with Crippen LogP contribution in [0.4, 0.5) is 5.69 Å². The highest BCUT2D eigenvalue weighted by Gasteiger charge is 2.42. The van der Waals surface area contributed by atoms with E-state index in [1.54, 1.807) is 24.3 Å². The van der Waals surface area contributed by atoms with Crippen molar-refractivity contribution in [3.63, 3.8) is 0 Å².